The van der Waals surface area contributed by atoms with E-state index in [9.17, 15) is 9.59 Å². The predicted octanol–water partition coefficient (Wildman–Crippen LogP) is 0.822. The Bertz CT molecular complexity index is 623. The first-order chi connectivity index (χ1) is 13.2. The Kier molecular flexibility index (Phi) is 6.75. The van der Waals surface area contributed by atoms with Gasteiger partial charge >= 0.3 is 12.0 Å². The van der Waals surface area contributed by atoms with Crippen molar-refractivity contribution in [3.8, 4) is 5.75 Å². The number of carbonyl (C=O) groups excluding carboxylic acids is 2. The molecule has 1 aromatic rings. The van der Waals surface area contributed by atoms with Crippen molar-refractivity contribution in [2.45, 2.75) is 18.9 Å². The number of esters is 1. The van der Waals surface area contributed by atoms with E-state index >= 15 is 0 Å². The third-order valence-electron chi connectivity index (χ3n) is 5.02. The Morgan fingerprint density at radius 3 is 2.41 bits per heavy atom. The van der Waals surface area contributed by atoms with Crippen molar-refractivity contribution in [3.05, 3.63) is 24.3 Å². The van der Waals surface area contributed by atoms with Crippen LogP contribution in [-0.2, 0) is 9.53 Å². The standard InChI is InChI=1S/C19H28N4O4/c1-26-18(24)14-27-17-4-2-16(3-5-17)22-10-12-23(13-11-22)19(25)21-15-6-8-20-9-7-15/h2-5,15,20H,6-14H2,1H3,(H,21,25). The number of urea groups is 1. The second-order valence-corrected chi connectivity index (χ2v) is 6.81. The Morgan fingerprint density at radius 1 is 1.11 bits per heavy atom. The molecule has 27 heavy (non-hydrogen) atoms. The molecule has 0 aromatic heterocycles. The quantitative estimate of drug-likeness (QED) is 0.741. The van der Waals surface area contributed by atoms with Crippen molar-refractivity contribution in [3.63, 3.8) is 0 Å². The molecular weight excluding hydrogens is 348 g/mol. The number of ether oxygens (including phenoxy) is 2. The van der Waals surface area contributed by atoms with Gasteiger partial charge < -0.3 is 29.9 Å². The molecular formula is C19H28N4O4. The van der Waals surface area contributed by atoms with Crippen molar-refractivity contribution in [2.75, 3.05) is 57.9 Å². The van der Waals surface area contributed by atoms with Crippen LogP contribution in [0.4, 0.5) is 10.5 Å². The van der Waals surface area contributed by atoms with Crippen LogP contribution in [0, 0.1) is 0 Å². The first-order valence-corrected chi connectivity index (χ1v) is 9.46. The summed E-state index contributed by atoms with van der Waals surface area (Å²) in [5, 5.41) is 6.46. The predicted molar refractivity (Wildman–Crippen MR) is 102 cm³/mol. The van der Waals surface area contributed by atoms with Gasteiger partial charge in [-0.05, 0) is 50.2 Å². The summed E-state index contributed by atoms with van der Waals surface area (Å²) in [5.74, 6) is 0.224. The van der Waals surface area contributed by atoms with Gasteiger partial charge in [0, 0.05) is 37.9 Å². The molecule has 2 amide bonds. The molecule has 2 aliphatic rings. The van der Waals surface area contributed by atoms with Gasteiger partial charge in [0.2, 0.25) is 0 Å². The second-order valence-electron chi connectivity index (χ2n) is 6.81. The van der Waals surface area contributed by atoms with Crippen molar-refractivity contribution in [1.82, 2.24) is 15.5 Å². The Hall–Kier alpha value is -2.48. The highest BCUT2D eigenvalue weighted by atomic mass is 16.6. The normalized spacial score (nSPS) is 18.1. The lowest BCUT2D eigenvalue weighted by molar-refractivity contribution is -0.142. The van der Waals surface area contributed by atoms with Gasteiger partial charge in [0.25, 0.3) is 0 Å². The number of carbonyl (C=O) groups is 2. The number of amides is 2. The molecule has 2 N–H and O–H groups in total. The van der Waals surface area contributed by atoms with E-state index in [2.05, 4.69) is 20.3 Å². The van der Waals surface area contributed by atoms with Crippen LogP contribution in [0.5, 0.6) is 5.75 Å². The summed E-state index contributed by atoms with van der Waals surface area (Å²) in [6.45, 7) is 4.84. The van der Waals surface area contributed by atoms with Crippen molar-refractivity contribution < 1.29 is 19.1 Å². The number of anilines is 1. The maximum atomic E-state index is 12.4. The summed E-state index contributed by atoms with van der Waals surface area (Å²) in [6.07, 6.45) is 1.99. The largest absolute Gasteiger partial charge is 0.482 e. The fourth-order valence-corrected chi connectivity index (χ4v) is 3.35. The lowest BCUT2D eigenvalue weighted by atomic mass is 10.1. The zero-order valence-corrected chi connectivity index (χ0v) is 15.8. The molecule has 8 nitrogen and oxygen atoms in total. The van der Waals surface area contributed by atoms with Gasteiger partial charge in [0.05, 0.1) is 7.11 Å². The monoisotopic (exact) mass is 376 g/mol. The van der Waals surface area contributed by atoms with Crippen molar-refractivity contribution in [1.29, 1.82) is 0 Å². The summed E-state index contributed by atoms with van der Waals surface area (Å²) in [6, 6.07) is 7.96. The molecule has 0 saturated carbocycles. The number of nitrogens with zero attached hydrogens (tertiary/aromatic N) is 2. The smallest absolute Gasteiger partial charge is 0.343 e. The Balaban J connectivity index is 1.44. The molecule has 0 bridgehead atoms. The highest BCUT2D eigenvalue weighted by Gasteiger charge is 2.23. The van der Waals surface area contributed by atoms with Crippen LogP contribution in [0.25, 0.3) is 0 Å². The van der Waals surface area contributed by atoms with E-state index in [1.807, 2.05) is 29.2 Å². The lowest BCUT2D eigenvalue weighted by Gasteiger charge is -2.37. The molecule has 148 valence electrons. The molecule has 2 heterocycles. The zero-order chi connectivity index (χ0) is 19.1. The summed E-state index contributed by atoms with van der Waals surface area (Å²) >= 11 is 0. The molecule has 3 rings (SSSR count). The van der Waals surface area contributed by atoms with E-state index in [-0.39, 0.29) is 18.7 Å². The maximum Gasteiger partial charge on any atom is 0.343 e. The number of rotatable bonds is 5. The van der Waals surface area contributed by atoms with Gasteiger partial charge in [-0.2, -0.15) is 0 Å². The molecule has 2 saturated heterocycles. The minimum Gasteiger partial charge on any atom is -0.482 e. The Morgan fingerprint density at radius 2 is 1.78 bits per heavy atom. The fourth-order valence-electron chi connectivity index (χ4n) is 3.35. The molecule has 2 fully saturated rings. The molecule has 1 aromatic carbocycles. The number of hydrogen-bond acceptors (Lipinski definition) is 6. The van der Waals surface area contributed by atoms with Gasteiger partial charge in [0.15, 0.2) is 6.61 Å². The highest BCUT2D eigenvalue weighted by Crippen LogP contribution is 2.21. The lowest BCUT2D eigenvalue weighted by Crippen LogP contribution is -2.54. The molecule has 0 atom stereocenters. The van der Waals surface area contributed by atoms with Crippen LogP contribution < -0.4 is 20.3 Å². The van der Waals surface area contributed by atoms with E-state index in [1.54, 1.807) is 0 Å². The molecule has 0 unspecified atom stereocenters. The number of piperidine rings is 1. The van der Waals surface area contributed by atoms with E-state index < -0.39 is 5.97 Å². The first-order valence-electron chi connectivity index (χ1n) is 9.46. The molecule has 0 aliphatic carbocycles. The van der Waals surface area contributed by atoms with Gasteiger partial charge in [-0.3, -0.25) is 0 Å². The van der Waals surface area contributed by atoms with Crippen molar-refractivity contribution >= 4 is 17.7 Å². The zero-order valence-electron chi connectivity index (χ0n) is 15.8. The van der Waals surface area contributed by atoms with Gasteiger partial charge in [-0.25, -0.2) is 9.59 Å². The van der Waals surface area contributed by atoms with Gasteiger partial charge in [0.1, 0.15) is 5.75 Å². The van der Waals surface area contributed by atoms with E-state index in [4.69, 9.17) is 4.74 Å². The summed E-state index contributed by atoms with van der Waals surface area (Å²) in [4.78, 5) is 27.7. The number of nitrogens with one attached hydrogen (secondary N) is 2. The minimum atomic E-state index is -0.405. The molecule has 8 heteroatoms. The van der Waals surface area contributed by atoms with E-state index in [0.29, 0.717) is 18.8 Å². The van der Waals surface area contributed by atoms with Crippen LogP contribution >= 0.6 is 0 Å². The molecule has 2 aliphatic heterocycles. The van der Waals surface area contributed by atoms with Crippen LogP contribution in [-0.4, -0.2) is 75.9 Å². The van der Waals surface area contributed by atoms with Crippen molar-refractivity contribution in [2.24, 2.45) is 0 Å². The molecule has 0 spiro atoms. The summed E-state index contributed by atoms with van der Waals surface area (Å²) in [5.41, 5.74) is 1.08. The number of hydrogen-bond donors (Lipinski definition) is 2. The fraction of sp³-hybridized carbons (Fsp3) is 0.579. The van der Waals surface area contributed by atoms with Gasteiger partial charge in [-0.15, -0.1) is 0 Å². The van der Waals surface area contributed by atoms with Crippen LogP contribution in [0.3, 0.4) is 0 Å². The van der Waals surface area contributed by atoms with Crippen LogP contribution in [0.2, 0.25) is 0 Å². The van der Waals surface area contributed by atoms with Crippen LogP contribution in [0.15, 0.2) is 24.3 Å². The van der Waals surface area contributed by atoms with E-state index in [0.717, 1.165) is 44.7 Å². The number of methoxy groups -OCH3 is 1. The number of benzene rings is 1. The number of piperazine rings is 1. The van der Waals surface area contributed by atoms with E-state index in [1.165, 1.54) is 7.11 Å². The summed E-state index contributed by atoms with van der Waals surface area (Å²) < 4.78 is 9.92. The Labute approximate surface area is 159 Å². The third kappa shape index (κ3) is 5.50. The third-order valence-corrected chi connectivity index (χ3v) is 5.02. The first kappa shape index (κ1) is 19.3. The second kappa shape index (κ2) is 9.45. The summed E-state index contributed by atoms with van der Waals surface area (Å²) in [7, 11) is 1.33. The average molecular weight is 376 g/mol. The average Bonchev–Trinajstić information content (AvgIpc) is 2.73. The minimum absolute atomic E-state index is 0.0492. The SMILES string of the molecule is COC(=O)COc1ccc(N2CCN(C(=O)NC3CCNCC3)CC2)cc1. The molecule has 0 radical (unpaired) electrons. The maximum absolute atomic E-state index is 12.4. The topological polar surface area (TPSA) is 83.1 Å². The van der Waals surface area contributed by atoms with Gasteiger partial charge in [-0.1, -0.05) is 0 Å². The highest BCUT2D eigenvalue weighted by molar-refractivity contribution is 5.75. The van der Waals surface area contributed by atoms with Crippen LogP contribution in [0.1, 0.15) is 12.8 Å².